The van der Waals surface area contributed by atoms with Gasteiger partial charge in [0.2, 0.25) is 0 Å². The number of nitrogens with zero attached hydrogens (tertiary/aromatic N) is 2. The number of hydrogen-bond acceptors (Lipinski definition) is 4. The molecule has 2 aromatic heterocycles. The summed E-state index contributed by atoms with van der Waals surface area (Å²) in [6, 6.07) is 16.4. The fourth-order valence-electron chi connectivity index (χ4n) is 4.33. The molecule has 0 saturated carbocycles. The number of nitrogens with one attached hydrogen (secondary N) is 1. The first kappa shape index (κ1) is 18.1. The molecule has 1 saturated heterocycles. The number of para-hydroxylation sites is 2. The van der Waals surface area contributed by atoms with Crippen molar-refractivity contribution in [2.45, 2.75) is 32.2 Å². The number of carbonyl (C=O) groups excluding carboxylic acids is 1. The summed E-state index contributed by atoms with van der Waals surface area (Å²) in [7, 11) is 0. The molecule has 0 radical (unpaired) electrons. The number of Topliss-reactive ketones (excluding diaryl/α,β-unsaturated/α-hetero) is 1. The lowest BCUT2D eigenvalue weighted by atomic mass is 9.90. The third-order valence-corrected chi connectivity index (χ3v) is 5.99. The van der Waals surface area contributed by atoms with Crippen molar-refractivity contribution in [1.82, 2.24) is 14.9 Å². The Morgan fingerprint density at radius 2 is 2.00 bits per heavy atom. The predicted octanol–water partition coefficient (Wildman–Crippen LogP) is 4.72. The summed E-state index contributed by atoms with van der Waals surface area (Å²) in [4.78, 5) is 22.8. The van der Waals surface area contributed by atoms with E-state index in [9.17, 15) is 4.79 Å². The number of aromatic amines is 1. The lowest BCUT2D eigenvalue weighted by Gasteiger charge is -2.31. The van der Waals surface area contributed by atoms with Crippen LogP contribution >= 0.6 is 0 Å². The Labute approximate surface area is 169 Å². The third-order valence-electron chi connectivity index (χ3n) is 5.99. The van der Waals surface area contributed by atoms with Gasteiger partial charge >= 0.3 is 0 Å². The molecule has 1 aliphatic rings. The van der Waals surface area contributed by atoms with Crippen molar-refractivity contribution in [3.05, 3.63) is 66.2 Å². The van der Waals surface area contributed by atoms with Crippen LogP contribution in [0.15, 0.2) is 59.1 Å². The van der Waals surface area contributed by atoms with Gasteiger partial charge in [0.05, 0.1) is 0 Å². The highest BCUT2D eigenvalue weighted by molar-refractivity contribution is 5.81. The van der Waals surface area contributed by atoms with Gasteiger partial charge < -0.3 is 9.40 Å². The first-order valence-electron chi connectivity index (χ1n) is 10.4. The lowest BCUT2D eigenvalue weighted by Crippen LogP contribution is -2.36. The number of hydrogen-bond donors (Lipinski definition) is 1. The molecular weight excluding hydrogens is 362 g/mol. The highest BCUT2D eigenvalue weighted by Crippen LogP contribution is 2.23. The van der Waals surface area contributed by atoms with Crippen LogP contribution in [0.5, 0.6) is 0 Å². The fraction of sp³-hybridized carbons (Fsp3) is 0.333. The first-order valence-corrected chi connectivity index (χ1v) is 10.4. The number of aromatic nitrogens is 2. The molecule has 148 valence electrons. The van der Waals surface area contributed by atoms with E-state index in [4.69, 9.17) is 4.42 Å². The van der Waals surface area contributed by atoms with Crippen LogP contribution in [-0.4, -0.2) is 33.7 Å². The molecule has 0 unspecified atom stereocenters. The smallest absolute Gasteiger partial charge is 0.195 e. The van der Waals surface area contributed by atoms with Gasteiger partial charge in [0.1, 0.15) is 11.3 Å². The van der Waals surface area contributed by atoms with Crippen LogP contribution in [0.4, 0.5) is 0 Å². The maximum atomic E-state index is 12.7. The molecule has 5 rings (SSSR count). The largest absolute Gasteiger partial charge is 0.441 e. The Morgan fingerprint density at radius 3 is 2.86 bits per heavy atom. The maximum absolute atomic E-state index is 12.7. The Bertz CT molecular complexity index is 1100. The zero-order valence-electron chi connectivity index (χ0n) is 16.4. The van der Waals surface area contributed by atoms with Crippen LogP contribution in [0.1, 0.15) is 30.7 Å². The standard InChI is InChI=1S/C24H25N3O2/c28-22(7-8-24-26-21-3-1-2-4-23(21)29-24)18-10-13-27(14-11-18)16-17-5-6-20-19(15-17)9-12-25-20/h1-6,9,12,15,18,25H,7-8,10-11,13-14,16H2. The molecule has 0 amide bonds. The number of benzene rings is 2. The SMILES string of the molecule is O=C(CCc1nc2ccccc2o1)C1CCN(Cc2ccc3[nH]ccc3c2)CC1. The number of likely N-dealkylation sites (tertiary alicyclic amines) is 1. The van der Waals surface area contributed by atoms with Crippen molar-refractivity contribution in [2.24, 2.45) is 5.92 Å². The van der Waals surface area contributed by atoms with E-state index in [2.05, 4.69) is 39.1 Å². The lowest BCUT2D eigenvalue weighted by molar-refractivity contribution is -0.124. The summed E-state index contributed by atoms with van der Waals surface area (Å²) in [5.74, 6) is 1.18. The molecule has 5 heteroatoms. The average molecular weight is 387 g/mol. The number of ketones is 1. The molecule has 0 bridgehead atoms. The number of H-pyrrole nitrogens is 1. The van der Waals surface area contributed by atoms with E-state index in [0.717, 1.165) is 43.6 Å². The minimum Gasteiger partial charge on any atom is -0.441 e. The molecule has 3 heterocycles. The Balaban J connectivity index is 1.12. The van der Waals surface area contributed by atoms with Crippen molar-refractivity contribution < 1.29 is 9.21 Å². The van der Waals surface area contributed by atoms with Gasteiger partial charge in [-0.2, -0.15) is 0 Å². The molecule has 0 atom stereocenters. The second-order valence-corrected chi connectivity index (χ2v) is 7.99. The van der Waals surface area contributed by atoms with Gasteiger partial charge in [-0.15, -0.1) is 0 Å². The van der Waals surface area contributed by atoms with E-state index >= 15 is 0 Å². The van der Waals surface area contributed by atoms with Crippen molar-refractivity contribution in [3.8, 4) is 0 Å². The van der Waals surface area contributed by atoms with Gasteiger partial charge in [0.15, 0.2) is 11.5 Å². The number of fused-ring (bicyclic) bond motifs is 2. The molecule has 1 aliphatic heterocycles. The molecule has 4 aromatic rings. The van der Waals surface area contributed by atoms with E-state index in [1.807, 2.05) is 30.5 Å². The van der Waals surface area contributed by atoms with Crippen LogP contribution in [0, 0.1) is 5.92 Å². The summed E-state index contributed by atoms with van der Waals surface area (Å²) in [5, 5.41) is 1.26. The van der Waals surface area contributed by atoms with E-state index in [0.29, 0.717) is 24.5 Å². The van der Waals surface area contributed by atoms with Gasteiger partial charge in [-0.25, -0.2) is 4.98 Å². The van der Waals surface area contributed by atoms with E-state index in [1.165, 1.54) is 16.5 Å². The molecule has 1 N–H and O–H groups in total. The van der Waals surface area contributed by atoms with Gasteiger partial charge in [-0.3, -0.25) is 9.69 Å². The Kier molecular flexibility index (Phi) is 4.90. The van der Waals surface area contributed by atoms with Crippen molar-refractivity contribution in [3.63, 3.8) is 0 Å². The normalized spacial score (nSPS) is 16.0. The maximum Gasteiger partial charge on any atom is 0.195 e. The minimum atomic E-state index is 0.169. The Hall–Kier alpha value is -2.92. The summed E-state index contributed by atoms with van der Waals surface area (Å²) in [6.45, 7) is 2.90. The molecular formula is C24H25N3O2. The van der Waals surface area contributed by atoms with Crippen LogP contribution < -0.4 is 0 Å². The quantitative estimate of drug-likeness (QED) is 0.520. The average Bonchev–Trinajstić information content (AvgIpc) is 3.38. The zero-order chi connectivity index (χ0) is 19.6. The van der Waals surface area contributed by atoms with Crippen LogP contribution in [-0.2, 0) is 17.8 Å². The fourth-order valence-corrected chi connectivity index (χ4v) is 4.33. The highest BCUT2D eigenvalue weighted by Gasteiger charge is 2.25. The number of oxazole rings is 1. The highest BCUT2D eigenvalue weighted by atomic mass is 16.3. The zero-order valence-corrected chi connectivity index (χ0v) is 16.4. The number of piperidine rings is 1. The Morgan fingerprint density at radius 1 is 1.14 bits per heavy atom. The second-order valence-electron chi connectivity index (χ2n) is 7.99. The van der Waals surface area contributed by atoms with E-state index in [1.54, 1.807) is 0 Å². The summed E-state index contributed by atoms with van der Waals surface area (Å²) < 4.78 is 5.74. The van der Waals surface area contributed by atoms with Gasteiger partial charge in [-0.1, -0.05) is 18.2 Å². The molecule has 0 aliphatic carbocycles. The first-order chi connectivity index (χ1) is 14.2. The second kappa shape index (κ2) is 7.84. The molecule has 29 heavy (non-hydrogen) atoms. The third kappa shape index (κ3) is 3.96. The summed E-state index contributed by atoms with van der Waals surface area (Å²) in [5.41, 5.74) is 4.16. The van der Waals surface area contributed by atoms with Gasteiger partial charge in [-0.05, 0) is 67.2 Å². The van der Waals surface area contributed by atoms with E-state index in [-0.39, 0.29) is 5.92 Å². The molecule has 1 fully saturated rings. The molecule has 2 aromatic carbocycles. The molecule has 5 nitrogen and oxygen atoms in total. The molecule has 0 spiro atoms. The van der Waals surface area contributed by atoms with Crippen LogP contribution in [0.25, 0.3) is 22.0 Å². The van der Waals surface area contributed by atoms with Crippen LogP contribution in [0.3, 0.4) is 0 Å². The van der Waals surface area contributed by atoms with Crippen LogP contribution in [0.2, 0.25) is 0 Å². The minimum absolute atomic E-state index is 0.169. The number of carbonyl (C=O) groups is 1. The van der Waals surface area contributed by atoms with Crippen molar-refractivity contribution in [2.75, 3.05) is 13.1 Å². The van der Waals surface area contributed by atoms with Crippen molar-refractivity contribution >= 4 is 27.8 Å². The summed E-state index contributed by atoms with van der Waals surface area (Å²) in [6.07, 6.45) is 4.97. The van der Waals surface area contributed by atoms with Gasteiger partial charge in [0, 0.05) is 37.0 Å². The topological polar surface area (TPSA) is 62.1 Å². The summed E-state index contributed by atoms with van der Waals surface area (Å²) >= 11 is 0. The number of rotatable bonds is 6. The van der Waals surface area contributed by atoms with Crippen molar-refractivity contribution in [1.29, 1.82) is 0 Å². The monoisotopic (exact) mass is 387 g/mol. The van der Waals surface area contributed by atoms with Gasteiger partial charge in [0.25, 0.3) is 0 Å². The van der Waals surface area contributed by atoms with E-state index < -0.39 is 0 Å². The number of aryl methyl sites for hydroxylation is 1. The predicted molar refractivity (Wildman–Crippen MR) is 114 cm³/mol.